The Morgan fingerprint density at radius 1 is 1.45 bits per heavy atom. The Morgan fingerprint density at radius 2 is 2.09 bits per heavy atom. The molecule has 0 fully saturated rings. The van der Waals surface area contributed by atoms with Crippen molar-refractivity contribution in [2.45, 2.75) is 32.4 Å². The van der Waals surface area contributed by atoms with Crippen molar-refractivity contribution in [3.63, 3.8) is 0 Å². The third-order valence-electron chi connectivity index (χ3n) is 2.70. The van der Waals surface area contributed by atoms with Crippen LogP contribution in [-0.4, -0.2) is 30.3 Å². The van der Waals surface area contributed by atoms with Crippen LogP contribution in [-0.2, 0) is 4.74 Å². The Kier molecular flexibility index (Phi) is 5.69. The highest BCUT2D eigenvalue weighted by Gasteiger charge is 2.22. The first-order valence-corrected chi connectivity index (χ1v) is 6.69. The Balaban J connectivity index is 2.79. The van der Waals surface area contributed by atoms with Crippen molar-refractivity contribution in [1.29, 1.82) is 0 Å². The maximum atomic E-state index is 11.6. The zero-order chi connectivity index (χ0) is 16.9. The van der Waals surface area contributed by atoms with Crippen molar-refractivity contribution in [1.82, 2.24) is 5.32 Å². The predicted octanol–water partition coefficient (Wildman–Crippen LogP) is 2.13. The molecule has 1 amide bonds. The summed E-state index contributed by atoms with van der Waals surface area (Å²) in [6.07, 6.45) is -0.626. The minimum absolute atomic E-state index is 0.0160. The number of ether oxygens (including phenoxy) is 2. The summed E-state index contributed by atoms with van der Waals surface area (Å²) in [5.74, 6) is 0.364. The average molecular weight is 311 g/mol. The lowest BCUT2D eigenvalue weighted by atomic mass is 10.1. The zero-order valence-electron chi connectivity index (χ0n) is 13.1. The number of carbonyl (C=O) groups is 1. The third-order valence-corrected chi connectivity index (χ3v) is 2.70. The van der Waals surface area contributed by atoms with Gasteiger partial charge in [0.05, 0.1) is 24.1 Å². The van der Waals surface area contributed by atoms with E-state index in [1.165, 1.54) is 19.2 Å². The van der Waals surface area contributed by atoms with Crippen LogP contribution >= 0.6 is 0 Å². The highest BCUT2D eigenvalue weighted by molar-refractivity contribution is 5.67. The molecule has 0 radical (unpaired) electrons. The summed E-state index contributed by atoms with van der Waals surface area (Å²) in [5, 5.41) is 13.6. The third kappa shape index (κ3) is 5.21. The first-order valence-electron chi connectivity index (χ1n) is 6.69. The maximum absolute atomic E-state index is 11.6. The number of rotatable bonds is 5. The number of nitro benzene ring substituents is 1. The number of nitrogens with one attached hydrogen (secondary N) is 1. The van der Waals surface area contributed by atoms with Gasteiger partial charge in [-0.15, -0.1) is 0 Å². The number of nitrogens with zero attached hydrogens (tertiary/aromatic N) is 1. The number of amides is 1. The van der Waals surface area contributed by atoms with Crippen LogP contribution in [0.5, 0.6) is 5.75 Å². The number of alkyl carbamates (subject to hydrolysis) is 1. The Labute approximate surface area is 128 Å². The lowest BCUT2D eigenvalue weighted by Crippen LogP contribution is -2.36. The van der Waals surface area contributed by atoms with Crippen molar-refractivity contribution in [2.24, 2.45) is 5.73 Å². The topological polar surface area (TPSA) is 117 Å². The van der Waals surface area contributed by atoms with Gasteiger partial charge in [-0.3, -0.25) is 10.1 Å². The van der Waals surface area contributed by atoms with Gasteiger partial charge >= 0.3 is 6.09 Å². The SMILES string of the molecule is COc1ccc(C(N)CNC(=O)OC(C)(C)C)c([N+](=O)[O-])c1. The molecular formula is C14H21N3O5. The number of nitrogens with two attached hydrogens (primary N) is 1. The normalized spacial score (nSPS) is 12.4. The molecule has 3 N–H and O–H groups in total. The first-order chi connectivity index (χ1) is 10.1. The smallest absolute Gasteiger partial charge is 0.407 e. The van der Waals surface area contributed by atoms with Gasteiger partial charge in [0, 0.05) is 12.1 Å². The molecular weight excluding hydrogens is 290 g/mol. The summed E-state index contributed by atoms with van der Waals surface area (Å²) in [6, 6.07) is 3.65. The highest BCUT2D eigenvalue weighted by Crippen LogP contribution is 2.28. The van der Waals surface area contributed by atoms with E-state index in [0.717, 1.165) is 0 Å². The fourth-order valence-electron chi connectivity index (χ4n) is 1.74. The summed E-state index contributed by atoms with van der Waals surface area (Å²) in [5.41, 5.74) is 5.45. The largest absolute Gasteiger partial charge is 0.497 e. The Bertz CT molecular complexity index is 554. The number of carbonyl (C=O) groups excluding carboxylic acids is 1. The molecule has 8 heteroatoms. The van der Waals surface area contributed by atoms with E-state index in [1.807, 2.05) is 0 Å². The zero-order valence-corrected chi connectivity index (χ0v) is 13.1. The van der Waals surface area contributed by atoms with Crippen molar-refractivity contribution >= 4 is 11.8 Å². The summed E-state index contributed by atoms with van der Waals surface area (Å²) in [4.78, 5) is 22.1. The second-order valence-corrected chi connectivity index (χ2v) is 5.67. The van der Waals surface area contributed by atoms with Crippen LogP contribution < -0.4 is 15.8 Å². The second-order valence-electron chi connectivity index (χ2n) is 5.67. The van der Waals surface area contributed by atoms with Crippen LogP contribution in [0.25, 0.3) is 0 Å². The minimum atomic E-state index is -0.737. The van der Waals surface area contributed by atoms with Gasteiger partial charge in [0.1, 0.15) is 11.4 Å². The summed E-state index contributed by atoms with van der Waals surface area (Å²) in [7, 11) is 1.42. The van der Waals surface area contributed by atoms with E-state index in [2.05, 4.69) is 5.32 Å². The summed E-state index contributed by atoms with van der Waals surface area (Å²) < 4.78 is 10.0. The average Bonchev–Trinajstić information content (AvgIpc) is 2.42. The molecule has 22 heavy (non-hydrogen) atoms. The number of hydrogen-bond acceptors (Lipinski definition) is 6. The van der Waals surface area contributed by atoms with Gasteiger partial charge in [0.25, 0.3) is 5.69 Å². The molecule has 1 rings (SSSR count). The molecule has 8 nitrogen and oxygen atoms in total. The molecule has 0 spiro atoms. The van der Waals surface area contributed by atoms with Gasteiger partial charge in [0.15, 0.2) is 0 Å². The van der Waals surface area contributed by atoms with E-state index in [0.29, 0.717) is 11.3 Å². The molecule has 0 aromatic heterocycles. The van der Waals surface area contributed by atoms with E-state index < -0.39 is 22.7 Å². The molecule has 0 aliphatic rings. The van der Waals surface area contributed by atoms with E-state index in [-0.39, 0.29) is 12.2 Å². The minimum Gasteiger partial charge on any atom is -0.497 e. The molecule has 1 unspecified atom stereocenters. The van der Waals surface area contributed by atoms with Crippen LogP contribution in [0, 0.1) is 10.1 Å². The van der Waals surface area contributed by atoms with Crippen molar-refractivity contribution < 1.29 is 19.2 Å². The second kappa shape index (κ2) is 7.08. The number of hydrogen-bond donors (Lipinski definition) is 2. The molecule has 1 aromatic carbocycles. The van der Waals surface area contributed by atoms with Gasteiger partial charge in [0.2, 0.25) is 0 Å². The maximum Gasteiger partial charge on any atom is 0.407 e. The van der Waals surface area contributed by atoms with E-state index in [1.54, 1.807) is 26.8 Å². The van der Waals surface area contributed by atoms with Gasteiger partial charge in [-0.1, -0.05) is 0 Å². The van der Waals surface area contributed by atoms with E-state index in [4.69, 9.17) is 15.2 Å². The Morgan fingerprint density at radius 3 is 2.59 bits per heavy atom. The number of benzene rings is 1. The molecule has 122 valence electrons. The summed E-state index contributed by atoms with van der Waals surface area (Å²) >= 11 is 0. The van der Waals surface area contributed by atoms with Crippen LogP contribution in [0.2, 0.25) is 0 Å². The van der Waals surface area contributed by atoms with Crippen molar-refractivity contribution in [3.8, 4) is 5.75 Å². The molecule has 0 saturated carbocycles. The van der Waals surface area contributed by atoms with Gasteiger partial charge in [-0.2, -0.15) is 0 Å². The molecule has 1 atom stereocenters. The van der Waals surface area contributed by atoms with Crippen molar-refractivity contribution in [3.05, 3.63) is 33.9 Å². The molecule has 0 bridgehead atoms. The van der Waals surface area contributed by atoms with Crippen LogP contribution in [0.1, 0.15) is 32.4 Å². The van der Waals surface area contributed by atoms with Crippen LogP contribution in [0.15, 0.2) is 18.2 Å². The lowest BCUT2D eigenvalue weighted by Gasteiger charge is -2.21. The predicted molar refractivity (Wildman–Crippen MR) is 80.8 cm³/mol. The van der Waals surface area contributed by atoms with Gasteiger partial charge in [-0.05, 0) is 32.9 Å². The summed E-state index contributed by atoms with van der Waals surface area (Å²) in [6.45, 7) is 5.23. The number of nitro groups is 1. The number of methoxy groups -OCH3 is 1. The quantitative estimate of drug-likeness (QED) is 0.635. The van der Waals surface area contributed by atoms with Gasteiger partial charge in [-0.25, -0.2) is 4.79 Å². The van der Waals surface area contributed by atoms with E-state index >= 15 is 0 Å². The van der Waals surface area contributed by atoms with Crippen molar-refractivity contribution in [2.75, 3.05) is 13.7 Å². The van der Waals surface area contributed by atoms with Crippen LogP contribution in [0.3, 0.4) is 0 Å². The monoisotopic (exact) mass is 311 g/mol. The highest BCUT2D eigenvalue weighted by atomic mass is 16.6. The fraction of sp³-hybridized carbons (Fsp3) is 0.500. The van der Waals surface area contributed by atoms with Crippen LogP contribution in [0.4, 0.5) is 10.5 Å². The molecule has 1 aromatic rings. The Hall–Kier alpha value is -2.35. The molecule has 0 aliphatic carbocycles. The molecule has 0 heterocycles. The molecule has 0 aliphatic heterocycles. The van der Waals surface area contributed by atoms with E-state index in [9.17, 15) is 14.9 Å². The van der Waals surface area contributed by atoms with Gasteiger partial charge < -0.3 is 20.5 Å². The first kappa shape index (κ1) is 17.7. The molecule has 0 saturated heterocycles. The standard InChI is InChI=1S/C14H21N3O5/c1-14(2,3)22-13(18)16-8-11(15)10-6-5-9(21-4)7-12(10)17(19)20/h5-7,11H,8,15H2,1-4H3,(H,16,18). The fourth-order valence-corrected chi connectivity index (χ4v) is 1.74. The lowest BCUT2D eigenvalue weighted by molar-refractivity contribution is -0.385.